The SMILES string of the molecule is Cc1cccc(NC(=O)c2cc(S(=O)(=O)N3CC(C)CC(C)C3)ccc2F)c1C. The highest BCUT2D eigenvalue weighted by atomic mass is 32.2. The van der Waals surface area contributed by atoms with Gasteiger partial charge in [0.05, 0.1) is 10.5 Å². The second kappa shape index (κ2) is 8.24. The Bertz CT molecular complexity index is 1030. The molecule has 1 aliphatic rings. The van der Waals surface area contributed by atoms with Crippen LogP contribution in [0.3, 0.4) is 0 Å². The molecule has 0 spiro atoms. The summed E-state index contributed by atoms with van der Waals surface area (Å²) in [6.07, 6.45) is 0.971. The number of hydrogen-bond acceptors (Lipinski definition) is 3. The first-order valence-electron chi connectivity index (χ1n) is 9.77. The zero-order valence-electron chi connectivity index (χ0n) is 17.2. The molecule has 7 heteroatoms. The molecule has 2 unspecified atom stereocenters. The standard InChI is InChI=1S/C22H27FN2O3S/c1-14-10-15(2)13-25(12-14)29(27,28)18-8-9-20(23)19(11-18)22(26)24-21-7-5-6-16(3)17(21)4/h5-9,11,14-15H,10,12-13H2,1-4H3,(H,24,26). The summed E-state index contributed by atoms with van der Waals surface area (Å²) < 4.78 is 42.0. The molecular weight excluding hydrogens is 391 g/mol. The van der Waals surface area contributed by atoms with E-state index in [1.807, 2.05) is 33.8 Å². The number of hydrogen-bond donors (Lipinski definition) is 1. The topological polar surface area (TPSA) is 66.5 Å². The molecular formula is C22H27FN2O3S. The minimum Gasteiger partial charge on any atom is -0.322 e. The number of piperidine rings is 1. The van der Waals surface area contributed by atoms with E-state index in [1.54, 1.807) is 12.1 Å². The summed E-state index contributed by atoms with van der Waals surface area (Å²) in [5.74, 6) is -0.928. The summed E-state index contributed by atoms with van der Waals surface area (Å²) in [6.45, 7) is 8.67. The van der Waals surface area contributed by atoms with E-state index in [4.69, 9.17) is 0 Å². The van der Waals surface area contributed by atoms with Gasteiger partial charge in [0, 0.05) is 18.8 Å². The molecule has 29 heavy (non-hydrogen) atoms. The van der Waals surface area contributed by atoms with E-state index in [-0.39, 0.29) is 22.3 Å². The highest BCUT2D eigenvalue weighted by Gasteiger charge is 2.32. The van der Waals surface area contributed by atoms with Crippen LogP contribution >= 0.6 is 0 Å². The van der Waals surface area contributed by atoms with Gasteiger partial charge in [0.25, 0.3) is 5.91 Å². The van der Waals surface area contributed by atoms with Gasteiger partial charge in [-0.2, -0.15) is 4.31 Å². The number of nitrogens with one attached hydrogen (secondary N) is 1. The maximum atomic E-state index is 14.4. The molecule has 1 aliphatic heterocycles. The van der Waals surface area contributed by atoms with Crippen LogP contribution < -0.4 is 5.32 Å². The fourth-order valence-electron chi connectivity index (χ4n) is 3.87. The predicted octanol–water partition coefficient (Wildman–Crippen LogP) is 4.36. The molecule has 1 amide bonds. The first-order valence-corrected chi connectivity index (χ1v) is 11.2. The molecule has 5 nitrogen and oxygen atoms in total. The van der Waals surface area contributed by atoms with E-state index >= 15 is 0 Å². The fraction of sp³-hybridized carbons (Fsp3) is 0.409. The number of aryl methyl sites for hydroxylation is 1. The summed E-state index contributed by atoms with van der Waals surface area (Å²) in [5, 5.41) is 2.69. The molecule has 156 valence electrons. The van der Waals surface area contributed by atoms with E-state index in [2.05, 4.69) is 5.32 Å². The van der Waals surface area contributed by atoms with Gasteiger partial charge in [-0.25, -0.2) is 12.8 Å². The third-order valence-corrected chi connectivity index (χ3v) is 7.34. The van der Waals surface area contributed by atoms with Gasteiger partial charge in [0.15, 0.2) is 0 Å². The van der Waals surface area contributed by atoms with Crippen molar-refractivity contribution in [2.75, 3.05) is 18.4 Å². The maximum absolute atomic E-state index is 14.4. The number of anilines is 1. The number of sulfonamides is 1. The van der Waals surface area contributed by atoms with E-state index in [0.29, 0.717) is 18.8 Å². The van der Waals surface area contributed by atoms with Crippen molar-refractivity contribution in [3.63, 3.8) is 0 Å². The second-order valence-corrected chi connectivity index (χ2v) is 10.0. The number of amides is 1. The van der Waals surface area contributed by atoms with Crippen LogP contribution in [-0.4, -0.2) is 31.7 Å². The van der Waals surface area contributed by atoms with Gasteiger partial charge in [0.1, 0.15) is 5.82 Å². The molecule has 3 rings (SSSR count). The molecule has 1 N–H and O–H groups in total. The normalized spacial score (nSPS) is 20.4. The van der Waals surface area contributed by atoms with Crippen molar-refractivity contribution < 1.29 is 17.6 Å². The van der Waals surface area contributed by atoms with Crippen LogP contribution in [0.4, 0.5) is 10.1 Å². The summed E-state index contributed by atoms with van der Waals surface area (Å²) in [5.41, 5.74) is 2.15. The van der Waals surface area contributed by atoms with Gasteiger partial charge in [-0.1, -0.05) is 26.0 Å². The first-order chi connectivity index (χ1) is 13.6. The largest absolute Gasteiger partial charge is 0.322 e. The maximum Gasteiger partial charge on any atom is 0.258 e. The van der Waals surface area contributed by atoms with Gasteiger partial charge >= 0.3 is 0 Å². The Morgan fingerprint density at radius 2 is 1.76 bits per heavy atom. The van der Waals surface area contributed by atoms with Crippen molar-refractivity contribution in [3.05, 3.63) is 58.9 Å². The Kier molecular flexibility index (Phi) is 6.10. The molecule has 0 bridgehead atoms. The van der Waals surface area contributed by atoms with Crippen LogP contribution in [0.15, 0.2) is 41.3 Å². The molecule has 2 aromatic carbocycles. The van der Waals surface area contributed by atoms with Gasteiger partial charge < -0.3 is 5.32 Å². The summed E-state index contributed by atoms with van der Waals surface area (Å²) in [4.78, 5) is 12.6. The first kappa shape index (κ1) is 21.5. The van der Waals surface area contributed by atoms with E-state index in [1.165, 1.54) is 10.4 Å². The molecule has 0 aromatic heterocycles. The Labute approximate surface area is 172 Å². The average Bonchev–Trinajstić information content (AvgIpc) is 2.64. The molecule has 0 saturated carbocycles. The molecule has 1 fully saturated rings. The van der Waals surface area contributed by atoms with Crippen molar-refractivity contribution >= 4 is 21.6 Å². The molecule has 0 aliphatic carbocycles. The predicted molar refractivity (Wildman–Crippen MR) is 112 cm³/mol. The highest BCUT2D eigenvalue weighted by Crippen LogP contribution is 2.28. The Balaban J connectivity index is 1.91. The number of rotatable bonds is 4. The third-order valence-electron chi connectivity index (χ3n) is 5.51. The quantitative estimate of drug-likeness (QED) is 0.802. The van der Waals surface area contributed by atoms with E-state index < -0.39 is 21.7 Å². The van der Waals surface area contributed by atoms with Crippen LogP contribution in [0.2, 0.25) is 0 Å². The van der Waals surface area contributed by atoms with Crippen LogP contribution in [-0.2, 0) is 10.0 Å². The lowest BCUT2D eigenvalue weighted by Gasteiger charge is -2.34. The highest BCUT2D eigenvalue weighted by molar-refractivity contribution is 7.89. The number of carbonyl (C=O) groups excluding carboxylic acids is 1. The van der Waals surface area contributed by atoms with Gasteiger partial charge in [-0.15, -0.1) is 0 Å². The van der Waals surface area contributed by atoms with Crippen LogP contribution in [0.25, 0.3) is 0 Å². The van der Waals surface area contributed by atoms with Crippen molar-refractivity contribution in [2.45, 2.75) is 39.0 Å². The monoisotopic (exact) mass is 418 g/mol. The molecule has 0 radical (unpaired) electrons. The van der Waals surface area contributed by atoms with Gasteiger partial charge in [-0.3, -0.25) is 4.79 Å². The van der Waals surface area contributed by atoms with Crippen LogP contribution in [0.5, 0.6) is 0 Å². The number of nitrogens with zero attached hydrogens (tertiary/aromatic N) is 1. The zero-order valence-corrected chi connectivity index (χ0v) is 18.0. The minimum atomic E-state index is -3.80. The van der Waals surface area contributed by atoms with Crippen molar-refractivity contribution in [1.82, 2.24) is 4.31 Å². The zero-order chi connectivity index (χ0) is 21.3. The summed E-state index contributed by atoms with van der Waals surface area (Å²) in [6, 6.07) is 8.85. The van der Waals surface area contributed by atoms with Gasteiger partial charge in [0.2, 0.25) is 10.0 Å². The Morgan fingerprint density at radius 3 is 2.41 bits per heavy atom. The van der Waals surface area contributed by atoms with Crippen LogP contribution in [0.1, 0.15) is 41.8 Å². The molecule has 1 saturated heterocycles. The molecule has 1 heterocycles. The fourth-order valence-corrected chi connectivity index (χ4v) is 5.57. The smallest absolute Gasteiger partial charge is 0.258 e. The number of benzene rings is 2. The Morgan fingerprint density at radius 1 is 1.10 bits per heavy atom. The third kappa shape index (κ3) is 4.51. The lowest BCUT2D eigenvalue weighted by Crippen LogP contribution is -2.42. The van der Waals surface area contributed by atoms with Crippen molar-refractivity contribution in [3.8, 4) is 0 Å². The summed E-state index contributed by atoms with van der Waals surface area (Å²) >= 11 is 0. The summed E-state index contributed by atoms with van der Waals surface area (Å²) in [7, 11) is -3.80. The lowest BCUT2D eigenvalue weighted by atomic mass is 9.94. The van der Waals surface area contributed by atoms with Crippen molar-refractivity contribution in [1.29, 1.82) is 0 Å². The van der Waals surface area contributed by atoms with Gasteiger partial charge in [-0.05, 0) is 67.5 Å². The lowest BCUT2D eigenvalue weighted by molar-refractivity contribution is 0.102. The second-order valence-electron chi connectivity index (χ2n) is 8.11. The number of carbonyl (C=O) groups is 1. The Hall–Kier alpha value is -2.25. The van der Waals surface area contributed by atoms with Crippen LogP contribution in [0, 0.1) is 31.5 Å². The van der Waals surface area contributed by atoms with E-state index in [9.17, 15) is 17.6 Å². The van der Waals surface area contributed by atoms with E-state index in [0.717, 1.165) is 29.7 Å². The van der Waals surface area contributed by atoms with Crippen molar-refractivity contribution in [2.24, 2.45) is 11.8 Å². The average molecular weight is 419 g/mol. The molecule has 2 aromatic rings. The molecule has 2 atom stereocenters. The minimum absolute atomic E-state index is 0.0636. The number of halogens is 1.